The fourth-order valence-electron chi connectivity index (χ4n) is 2.76. The van der Waals surface area contributed by atoms with Gasteiger partial charge in [-0.1, -0.05) is 18.2 Å². The molecule has 0 saturated carbocycles. The van der Waals surface area contributed by atoms with Gasteiger partial charge in [0, 0.05) is 29.4 Å². The second kappa shape index (κ2) is 5.98. The fraction of sp³-hybridized carbons (Fsp3) is 0.412. The predicted molar refractivity (Wildman–Crippen MR) is 85.9 cm³/mol. The SMILES string of the molecule is Cc1nc(C2CCN(C(=O)c3ccccc3)CC2)sc1C. The Balaban J connectivity index is 1.64. The molecule has 110 valence electrons. The van der Waals surface area contributed by atoms with Crippen molar-refractivity contribution in [2.24, 2.45) is 0 Å². The van der Waals surface area contributed by atoms with Gasteiger partial charge in [-0.2, -0.15) is 0 Å². The molecule has 3 rings (SSSR count). The van der Waals surface area contributed by atoms with E-state index in [0.717, 1.165) is 37.2 Å². The van der Waals surface area contributed by atoms with Gasteiger partial charge in [0.15, 0.2) is 0 Å². The van der Waals surface area contributed by atoms with Gasteiger partial charge in [-0.05, 0) is 38.8 Å². The van der Waals surface area contributed by atoms with Crippen LogP contribution < -0.4 is 0 Å². The van der Waals surface area contributed by atoms with Gasteiger partial charge in [0.05, 0.1) is 10.7 Å². The molecule has 0 radical (unpaired) electrons. The van der Waals surface area contributed by atoms with Gasteiger partial charge in [0.1, 0.15) is 0 Å². The largest absolute Gasteiger partial charge is 0.339 e. The molecule has 1 aromatic carbocycles. The number of aromatic nitrogens is 1. The molecule has 3 nitrogen and oxygen atoms in total. The number of aryl methyl sites for hydroxylation is 2. The number of likely N-dealkylation sites (tertiary alicyclic amines) is 1. The van der Waals surface area contributed by atoms with Gasteiger partial charge in [-0.25, -0.2) is 4.98 Å². The highest BCUT2D eigenvalue weighted by atomic mass is 32.1. The third kappa shape index (κ3) is 3.00. The smallest absolute Gasteiger partial charge is 0.253 e. The molecule has 0 unspecified atom stereocenters. The van der Waals surface area contributed by atoms with E-state index in [9.17, 15) is 4.79 Å². The molecule has 0 bridgehead atoms. The van der Waals surface area contributed by atoms with Crippen LogP contribution in [0.5, 0.6) is 0 Å². The van der Waals surface area contributed by atoms with E-state index in [1.165, 1.54) is 9.88 Å². The molecule has 0 spiro atoms. The van der Waals surface area contributed by atoms with E-state index in [2.05, 4.69) is 18.8 Å². The van der Waals surface area contributed by atoms with E-state index in [4.69, 9.17) is 0 Å². The van der Waals surface area contributed by atoms with E-state index < -0.39 is 0 Å². The lowest BCUT2D eigenvalue weighted by molar-refractivity contribution is 0.0713. The first-order valence-electron chi connectivity index (χ1n) is 7.43. The minimum Gasteiger partial charge on any atom is -0.339 e. The van der Waals surface area contributed by atoms with Crippen LogP contribution in [-0.2, 0) is 0 Å². The number of carbonyl (C=O) groups excluding carboxylic acids is 1. The molecule has 2 aromatic rings. The molecule has 0 aliphatic carbocycles. The normalized spacial score (nSPS) is 16.2. The molecule has 2 heterocycles. The Bertz CT molecular complexity index is 608. The highest BCUT2D eigenvalue weighted by Crippen LogP contribution is 2.32. The summed E-state index contributed by atoms with van der Waals surface area (Å²) >= 11 is 1.81. The standard InChI is InChI=1S/C17H20N2OS/c1-12-13(2)21-16(18-12)14-8-10-19(11-9-14)17(20)15-6-4-3-5-7-15/h3-7,14H,8-11H2,1-2H3. The van der Waals surface area contributed by atoms with Crippen molar-refractivity contribution in [2.45, 2.75) is 32.6 Å². The average Bonchev–Trinajstić information content (AvgIpc) is 2.87. The summed E-state index contributed by atoms with van der Waals surface area (Å²) in [6, 6.07) is 9.56. The van der Waals surface area contributed by atoms with Crippen LogP contribution >= 0.6 is 11.3 Å². The van der Waals surface area contributed by atoms with Crippen molar-refractivity contribution in [1.29, 1.82) is 0 Å². The first-order valence-corrected chi connectivity index (χ1v) is 8.25. The van der Waals surface area contributed by atoms with Gasteiger partial charge in [0.25, 0.3) is 5.91 Å². The minimum atomic E-state index is 0.153. The number of rotatable bonds is 2. The molecule has 1 fully saturated rings. The van der Waals surface area contributed by atoms with Gasteiger partial charge in [-0.3, -0.25) is 4.79 Å². The zero-order valence-corrected chi connectivity index (χ0v) is 13.3. The molecular formula is C17H20N2OS. The molecule has 1 aliphatic rings. The second-order valence-electron chi connectivity index (χ2n) is 5.63. The van der Waals surface area contributed by atoms with E-state index >= 15 is 0 Å². The topological polar surface area (TPSA) is 33.2 Å². The van der Waals surface area contributed by atoms with Crippen LogP contribution in [0, 0.1) is 13.8 Å². The summed E-state index contributed by atoms with van der Waals surface area (Å²) in [6.45, 7) is 5.86. The zero-order valence-electron chi connectivity index (χ0n) is 12.5. The second-order valence-corrected chi connectivity index (χ2v) is 6.86. The summed E-state index contributed by atoms with van der Waals surface area (Å²) in [7, 11) is 0. The van der Waals surface area contributed by atoms with Crippen LogP contribution in [-0.4, -0.2) is 28.9 Å². The van der Waals surface area contributed by atoms with Crippen molar-refractivity contribution < 1.29 is 4.79 Å². The van der Waals surface area contributed by atoms with Crippen LogP contribution in [0.3, 0.4) is 0 Å². The Morgan fingerprint density at radius 2 is 1.86 bits per heavy atom. The number of thiazole rings is 1. The van der Waals surface area contributed by atoms with Crippen LogP contribution in [0.25, 0.3) is 0 Å². The quantitative estimate of drug-likeness (QED) is 0.845. The van der Waals surface area contributed by atoms with Crippen LogP contribution in [0.4, 0.5) is 0 Å². The highest BCUT2D eigenvalue weighted by Gasteiger charge is 2.26. The number of hydrogen-bond acceptors (Lipinski definition) is 3. The van der Waals surface area contributed by atoms with Gasteiger partial charge >= 0.3 is 0 Å². The number of hydrogen-bond donors (Lipinski definition) is 0. The predicted octanol–water partition coefficient (Wildman–Crippen LogP) is 3.78. The summed E-state index contributed by atoms with van der Waals surface area (Å²) in [4.78, 5) is 20.4. The van der Waals surface area contributed by atoms with Gasteiger partial charge < -0.3 is 4.90 Å². The number of piperidine rings is 1. The fourth-order valence-corrected chi connectivity index (χ4v) is 3.86. The maximum absolute atomic E-state index is 12.4. The molecule has 1 amide bonds. The van der Waals surface area contributed by atoms with E-state index in [0.29, 0.717) is 5.92 Å². The third-order valence-electron chi connectivity index (χ3n) is 4.20. The van der Waals surface area contributed by atoms with Crippen molar-refractivity contribution in [2.75, 3.05) is 13.1 Å². The Kier molecular flexibility index (Phi) is 4.06. The molecule has 0 atom stereocenters. The molecule has 0 N–H and O–H groups in total. The summed E-state index contributed by atoms with van der Waals surface area (Å²) in [5.41, 5.74) is 1.94. The Morgan fingerprint density at radius 3 is 2.43 bits per heavy atom. The average molecular weight is 300 g/mol. The summed E-state index contributed by atoms with van der Waals surface area (Å²) in [5.74, 6) is 0.669. The lowest BCUT2D eigenvalue weighted by Crippen LogP contribution is -2.37. The maximum atomic E-state index is 12.4. The van der Waals surface area contributed by atoms with E-state index in [1.807, 2.05) is 46.6 Å². The summed E-state index contributed by atoms with van der Waals surface area (Å²) in [6.07, 6.45) is 2.04. The highest BCUT2D eigenvalue weighted by molar-refractivity contribution is 7.11. The molecule has 1 aromatic heterocycles. The van der Waals surface area contributed by atoms with Crippen molar-refractivity contribution in [1.82, 2.24) is 9.88 Å². The molecule has 21 heavy (non-hydrogen) atoms. The third-order valence-corrected chi connectivity index (χ3v) is 5.43. The molecular weight excluding hydrogens is 280 g/mol. The summed E-state index contributed by atoms with van der Waals surface area (Å²) in [5, 5.41) is 1.25. The number of nitrogens with zero attached hydrogens (tertiary/aromatic N) is 2. The van der Waals surface area contributed by atoms with Crippen molar-refractivity contribution in [3.63, 3.8) is 0 Å². The Morgan fingerprint density at radius 1 is 1.19 bits per heavy atom. The Labute approximate surface area is 129 Å². The van der Waals surface area contributed by atoms with Gasteiger partial charge in [-0.15, -0.1) is 11.3 Å². The number of carbonyl (C=O) groups is 1. The monoisotopic (exact) mass is 300 g/mol. The number of amides is 1. The lowest BCUT2D eigenvalue weighted by Gasteiger charge is -2.31. The van der Waals surface area contributed by atoms with Crippen LogP contribution in [0.2, 0.25) is 0 Å². The summed E-state index contributed by atoms with van der Waals surface area (Å²) < 4.78 is 0. The van der Waals surface area contributed by atoms with E-state index in [-0.39, 0.29) is 5.91 Å². The van der Waals surface area contributed by atoms with Crippen molar-refractivity contribution in [3.05, 3.63) is 51.5 Å². The van der Waals surface area contributed by atoms with E-state index in [1.54, 1.807) is 0 Å². The first kappa shape index (κ1) is 14.3. The first-order chi connectivity index (χ1) is 10.1. The zero-order chi connectivity index (χ0) is 14.8. The van der Waals surface area contributed by atoms with Crippen LogP contribution in [0.1, 0.15) is 44.7 Å². The van der Waals surface area contributed by atoms with Crippen molar-refractivity contribution >= 4 is 17.2 Å². The van der Waals surface area contributed by atoms with Crippen molar-refractivity contribution in [3.8, 4) is 0 Å². The molecule has 1 saturated heterocycles. The lowest BCUT2D eigenvalue weighted by atomic mass is 9.97. The van der Waals surface area contributed by atoms with Crippen LogP contribution in [0.15, 0.2) is 30.3 Å². The van der Waals surface area contributed by atoms with Gasteiger partial charge in [0.2, 0.25) is 0 Å². The Hall–Kier alpha value is -1.68. The molecule has 1 aliphatic heterocycles. The maximum Gasteiger partial charge on any atom is 0.253 e. The molecule has 4 heteroatoms. The minimum absolute atomic E-state index is 0.153. The number of benzene rings is 1.